The Labute approximate surface area is 80.8 Å². The van der Waals surface area contributed by atoms with Gasteiger partial charge in [-0.3, -0.25) is 4.79 Å². The lowest BCUT2D eigenvalue weighted by atomic mass is 10.3. The third-order valence-corrected chi connectivity index (χ3v) is 1.81. The molecule has 0 heterocycles. The Morgan fingerprint density at radius 2 is 2.23 bits per heavy atom. The van der Waals surface area contributed by atoms with Gasteiger partial charge in [-0.05, 0) is 39.1 Å². The average Bonchev–Trinajstić information content (AvgIpc) is 2.12. The van der Waals surface area contributed by atoms with Gasteiger partial charge < -0.3 is 10.2 Å². The van der Waals surface area contributed by atoms with Gasteiger partial charge in [0, 0.05) is 6.54 Å². The lowest BCUT2D eigenvalue weighted by Crippen LogP contribution is -2.27. The smallest absolute Gasteiger partial charge is 0.243 e. The number of carbonyl (C=O) groups excluding carboxylic acids is 1. The number of rotatable bonds is 7. The van der Waals surface area contributed by atoms with Crippen LogP contribution in [0.1, 0.15) is 19.8 Å². The van der Waals surface area contributed by atoms with Crippen LogP contribution < -0.4 is 5.32 Å². The second-order valence-corrected chi connectivity index (χ2v) is 3.15. The van der Waals surface area contributed by atoms with Crippen LogP contribution >= 0.6 is 0 Å². The van der Waals surface area contributed by atoms with Crippen LogP contribution in [-0.2, 0) is 4.79 Å². The highest BCUT2D eigenvalue weighted by molar-refractivity contribution is 5.86. The summed E-state index contributed by atoms with van der Waals surface area (Å²) >= 11 is 0. The lowest BCUT2D eigenvalue weighted by Gasteiger charge is -2.14. The molecule has 0 aromatic rings. The molecule has 3 heteroatoms. The molecule has 0 aliphatic rings. The number of carbonyl (C=O) groups is 1. The van der Waals surface area contributed by atoms with E-state index in [-0.39, 0.29) is 5.91 Å². The molecule has 0 spiro atoms. The number of amides is 1. The number of hydrogen-bond acceptors (Lipinski definition) is 2. The number of nitrogens with one attached hydrogen (secondary N) is 1. The fourth-order valence-electron chi connectivity index (χ4n) is 1.13. The SMILES string of the molecule is C=CC(=O)NCCCN(C)CCC. The van der Waals surface area contributed by atoms with Gasteiger partial charge in [-0.1, -0.05) is 13.5 Å². The molecule has 76 valence electrons. The first-order chi connectivity index (χ1) is 6.20. The number of hydrogen-bond donors (Lipinski definition) is 1. The molecule has 0 saturated heterocycles. The van der Waals surface area contributed by atoms with Crippen molar-refractivity contribution in [3.05, 3.63) is 12.7 Å². The van der Waals surface area contributed by atoms with Crippen molar-refractivity contribution < 1.29 is 4.79 Å². The van der Waals surface area contributed by atoms with Crippen LogP contribution in [0, 0.1) is 0 Å². The fraction of sp³-hybridized carbons (Fsp3) is 0.700. The van der Waals surface area contributed by atoms with Gasteiger partial charge in [-0.25, -0.2) is 0 Å². The predicted molar refractivity (Wildman–Crippen MR) is 55.6 cm³/mol. The topological polar surface area (TPSA) is 32.3 Å². The van der Waals surface area contributed by atoms with Crippen molar-refractivity contribution >= 4 is 5.91 Å². The first-order valence-corrected chi connectivity index (χ1v) is 4.79. The Kier molecular flexibility index (Phi) is 7.30. The van der Waals surface area contributed by atoms with Crippen molar-refractivity contribution in [1.29, 1.82) is 0 Å². The van der Waals surface area contributed by atoms with Gasteiger partial charge >= 0.3 is 0 Å². The molecule has 0 aliphatic carbocycles. The minimum Gasteiger partial charge on any atom is -0.353 e. The molecule has 3 nitrogen and oxygen atoms in total. The normalized spacial score (nSPS) is 10.1. The van der Waals surface area contributed by atoms with E-state index in [1.54, 1.807) is 0 Å². The minimum atomic E-state index is -0.0851. The van der Waals surface area contributed by atoms with Gasteiger partial charge in [-0.15, -0.1) is 0 Å². The Bertz CT molecular complexity index is 157. The third-order valence-electron chi connectivity index (χ3n) is 1.81. The molecule has 0 radical (unpaired) electrons. The lowest BCUT2D eigenvalue weighted by molar-refractivity contribution is -0.116. The van der Waals surface area contributed by atoms with E-state index >= 15 is 0 Å². The van der Waals surface area contributed by atoms with Crippen LogP contribution in [0.15, 0.2) is 12.7 Å². The van der Waals surface area contributed by atoms with E-state index in [0.717, 1.165) is 26.1 Å². The van der Waals surface area contributed by atoms with Gasteiger partial charge in [0.05, 0.1) is 0 Å². The van der Waals surface area contributed by atoms with E-state index in [4.69, 9.17) is 0 Å². The summed E-state index contributed by atoms with van der Waals surface area (Å²) in [6.07, 6.45) is 3.47. The molecule has 1 amide bonds. The average molecular weight is 184 g/mol. The van der Waals surface area contributed by atoms with Crippen LogP contribution in [0.4, 0.5) is 0 Å². The highest BCUT2D eigenvalue weighted by atomic mass is 16.1. The Hall–Kier alpha value is -0.830. The number of nitrogens with zero attached hydrogens (tertiary/aromatic N) is 1. The second kappa shape index (κ2) is 7.80. The quantitative estimate of drug-likeness (QED) is 0.473. The predicted octanol–water partition coefficient (Wildman–Crippen LogP) is 1.02. The van der Waals surface area contributed by atoms with Crippen molar-refractivity contribution in [2.75, 3.05) is 26.7 Å². The molecular weight excluding hydrogens is 164 g/mol. The summed E-state index contributed by atoms with van der Waals surface area (Å²) in [5.41, 5.74) is 0. The van der Waals surface area contributed by atoms with Crippen molar-refractivity contribution in [2.24, 2.45) is 0 Å². The van der Waals surface area contributed by atoms with Gasteiger partial charge in [-0.2, -0.15) is 0 Å². The summed E-state index contributed by atoms with van der Waals surface area (Å²) in [7, 11) is 2.10. The van der Waals surface area contributed by atoms with Crippen LogP contribution in [0.3, 0.4) is 0 Å². The van der Waals surface area contributed by atoms with Crippen molar-refractivity contribution in [2.45, 2.75) is 19.8 Å². The summed E-state index contributed by atoms with van der Waals surface area (Å²) in [5.74, 6) is -0.0851. The van der Waals surface area contributed by atoms with E-state index in [1.807, 2.05) is 0 Å². The summed E-state index contributed by atoms with van der Waals surface area (Å²) in [4.78, 5) is 13.0. The third kappa shape index (κ3) is 7.53. The zero-order valence-electron chi connectivity index (χ0n) is 8.68. The molecule has 0 saturated carbocycles. The summed E-state index contributed by atoms with van der Waals surface area (Å²) in [6.45, 7) is 8.43. The summed E-state index contributed by atoms with van der Waals surface area (Å²) in [5, 5.41) is 2.75. The minimum absolute atomic E-state index is 0.0851. The first-order valence-electron chi connectivity index (χ1n) is 4.79. The molecule has 13 heavy (non-hydrogen) atoms. The molecule has 0 fully saturated rings. The monoisotopic (exact) mass is 184 g/mol. The van der Waals surface area contributed by atoms with Gasteiger partial charge in [0.15, 0.2) is 0 Å². The zero-order valence-corrected chi connectivity index (χ0v) is 8.68. The van der Waals surface area contributed by atoms with Gasteiger partial charge in [0.1, 0.15) is 0 Å². The highest BCUT2D eigenvalue weighted by Crippen LogP contribution is 1.88. The van der Waals surface area contributed by atoms with Crippen LogP contribution in [0.5, 0.6) is 0 Å². The summed E-state index contributed by atoms with van der Waals surface area (Å²) in [6, 6.07) is 0. The van der Waals surface area contributed by atoms with E-state index in [9.17, 15) is 4.79 Å². The maximum absolute atomic E-state index is 10.7. The molecule has 1 N–H and O–H groups in total. The molecule has 0 unspecified atom stereocenters. The van der Waals surface area contributed by atoms with Crippen LogP contribution in [-0.4, -0.2) is 37.5 Å². The molecule has 0 aromatic carbocycles. The standard InChI is InChI=1S/C10H20N2O/c1-4-8-12(3)9-6-7-11-10(13)5-2/h5H,2,4,6-9H2,1,3H3,(H,11,13). The molecular formula is C10H20N2O. The van der Waals surface area contributed by atoms with Crippen molar-refractivity contribution in [3.63, 3.8) is 0 Å². The fourth-order valence-corrected chi connectivity index (χ4v) is 1.13. The molecule has 0 rings (SSSR count). The maximum atomic E-state index is 10.7. The molecule has 0 aromatic heterocycles. The molecule has 0 bridgehead atoms. The van der Waals surface area contributed by atoms with E-state index in [1.165, 1.54) is 12.5 Å². The van der Waals surface area contributed by atoms with E-state index in [0.29, 0.717) is 0 Å². The largest absolute Gasteiger partial charge is 0.353 e. The van der Waals surface area contributed by atoms with Crippen LogP contribution in [0.2, 0.25) is 0 Å². The van der Waals surface area contributed by atoms with E-state index in [2.05, 4.69) is 30.8 Å². The first kappa shape index (κ1) is 12.2. The van der Waals surface area contributed by atoms with Gasteiger partial charge in [0.2, 0.25) is 5.91 Å². The Balaban J connectivity index is 3.24. The molecule has 0 aliphatic heterocycles. The Morgan fingerprint density at radius 3 is 2.77 bits per heavy atom. The van der Waals surface area contributed by atoms with Crippen LogP contribution in [0.25, 0.3) is 0 Å². The van der Waals surface area contributed by atoms with Gasteiger partial charge in [0.25, 0.3) is 0 Å². The molecule has 0 atom stereocenters. The van der Waals surface area contributed by atoms with Crippen molar-refractivity contribution in [3.8, 4) is 0 Å². The van der Waals surface area contributed by atoms with Crippen molar-refractivity contribution in [1.82, 2.24) is 10.2 Å². The maximum Gasteiger partial charge on any atom is 0.243 e. The summed E-state index contributed by atoms with van der Waals surface area (Å²) < 4.78 is 0. The zero-order chi connectivity index (χ0) is 10.1. The second-order valence-electron chi connectivity index (χ2n) is 3.15. The Morgan fingerprint density at radius 1 is 1.54 bits per heavy atom. The highest BCUT2D eigenvalue weighted by Gasteiger charge is 1.96. The van der Waals surface area contributed by atoms with E-state index < -0.39 is 0 Å².